The van der Waals surface area contributed by atoms with E-state index in [1.54, 1.807) is 0 Å². The van der Waals surface area contributed by atoms with Crippen molar-refractivity contribution in [3.8, 4) is 0 Å². The van der Waals surface area contributed by atoms with Gasteiger partial charge < -0.3 is 0 Å². The summed E-state index contributed by atoms with van der Waals surface area (Å²) in [5.74, 6) is 0.642. The number of carbonyl (C=O) groups is 1. The monoisotopic (exact) mass is 256 g/mol. The van der Waals surface area contributed by atoms with Crippen LogP contribution in [-0.4, -0.2) is 19.6 Å². The van der Waals surface area contributed by atoms with Gasteiger partial charge in [0.25, 0.3) is 0 Å². The predicted molar refractivity (Wildman–Crippen MR) is 60.8 cm³/mol. The van der Waals surface area contributed by atoms with E-state index >= 15 is 0 Å². The molecule has 0 bridgehead atoms. The van der Waals surface area contributed by atoms with Gasteiger partial charge in [-0.3, -0.25) is 0 Å². The standard InChI is InChI=1S/C12H16OSe/c1-9(2)10(3)12(13)14-11-7-5-4-6-8-11/h4-10H,1-3H3/t10-/m0/s1. The normalized spacial score (nSPS) is 12.9. The van der Waals surface area contributed by atoms with Crippen molar-refractivity contribution in [2.24, 2.45) is 11.8 Å². The Balaban J connectivity index is 2.58. The molecule has 1 aromatic carbocycles. The van der Waals surface area contributed by atoms with Crippen molar-refractivity contribution in [2.45, 2.75) is 20.8 Å². The molecule has 0 aliphatic carbocycles. The maximum atomic E-state index is 11.8. The number of carbonyl (C=O) groups excluding carboxylic acids is 1. The second kappa shape index (κ2) is 5.33. The van der Waals surface area contributed by atoms with Gasteiger partial charge >= 0.3 is 91.8 Å². The Bertz CT molecular complexity index is 292. The molecule has 0 amide bonds. The van der Waals surface area contributed by atoms with Gasteiger partial charge in [0, 0.05) is 0 Å². The maximum absolute atomic E-state index is 11.8. The van der Waals surface area contributed by atoms with Gasteiger partial charge in [-0.2, -0.15) is 0 Å². The molecule has 0 aliphatic rings. The predicted octanol–water partition coefficient (Wildman–Crippen LogP) is 1.83. The van der Waals surface area contributed by atoms with Crippen molar-refractivity contribution >= 4 is 24.1 Å². The Kier molecular flexibility index (Phi) is 4.37. The van der Waals surface area contributed by atoms with Crippen molar-refractivity contribution in [1.82, 2.24) is 0 Å². The first-order valence-electron chi connectivity index (χ1n) is 4.88. The molecule has 2 heteroatoms. The molecular weight excluding hydrogens is 239 g/mol. The van der Waals surface area contributed by atoms with E-state index in [-0.39, 0.29) is 20.9 Å². The Morgan fingerprint density at radius 2 is 1.71 bits per heavy atom. The van der Waals surface area contributed by atoms with Crippen molar-refractivity contribution in [2.75, 3.05) is 0 Å². The summed E-state index contributed by atoms with van der Waals surface area (Å²) in [5, 5.41) is 0. The summed E-state index contributed by atoms with van der Waals surface area (Å²) in [6, 6.07) is 10.0. The number of hydrogen-bond acceptors (Lipinski definition) is 1. The summed E-state index contributed by atoms with van der Waals surface area (Å²) in [7, 11) is 0. The van der Waals surface area contributed by atoms with Crippen LogP contribution in [0.15, 0.2) is 30.3 Å². The molecule has 1 rings (SSSR count). The molecule has 0 aliphatic heterocycles. The van der Waals surface area contributed by atoms with E-state index in [2.05, 4.69) is 13.8 Å². The third-order valence-electron chi connectivity index (χ3n) is 2.33. The molecule has 0 N–H and O–H groups in total. The summed E-state index contributed by atoms with van der Waals surface area (Å²) in [5.41, 5.74) is 0. The van der Waals surface area contributed by atoms with Crippen LogP contribution in [0.1, 0.15) is 20.8 Å². The zero-order valence-electron chi connectivity index (χ0n) is 8.86. The molecule has 0 saturated heterocycles. The van der Waals surface area contributed by atoms with E-state index in [0.29, 0.717) is 10.6 Å². The Morgan fingerprint density at radius 3 is 2.21 bits per heavy atom. The molecule has 14 heavy (non-hydrogen) atoms. The van der Waals surface area contributed by atoms with Gasteiger partial charge in [-0.25, -0.2) is 0 Å². The van der Waals surface area contributed by atoms with Gasteiger partial charge in [-0.15, -0.1) is 0 Å². The third kappa shape index (κ3) is 3.28. The van der Waals surface area contributed by atoms with Crippen LogP contribution in [0.5, 0.6) is 0 Å². The minimum atomic E-state index is -0.00898. The first-order chi connectivity index (χ1) is 6.61. The van der Waals surface area contributed by atoms with E-state index in [4.69, 9.17) is 0 Å². The molecule has 0 saturated carbocycles. The molecular formula is C12H16OSe. The minimum absolute atomic E-state index is 0.00898. The van der Waals surface area contributed by atoms with Crippen LogP contribution in [0.2, 0.25) is 0 Å². The second-order valence-electron chi connectivity index (χ2n) is 3.77. The third-order valence-corrected chi connectivity index (χ3v) is 4.60. The summed E-state index contributed by atoms with van der Waals surface area (Å²) in [4.78, 5) is 11.8. The second-order valence-corrected chi connectivity index (χ2v) is 6.03. The number of hydrogen-bond donors (Lipinski definition) is 0. The van der Waals surface area contributed by atoms with E-state index < -0.39 is 0 Å². The summed E-state index contributed by atoms with van der Waals surface area (Å²) in [6.07, 6.45) is 0. The van der Waals surface area contributed by atoms with E-state index in [0.717, 1.165) is 0 Å². The number of benzene rings is 1. The zero-order valence-corrected chi connectivity index (χ0v) is 10.6. The molecule has 76 valence electrons. The zero-order chi connectivity index (χ0) is 10.6. The average molecular weight is 255 g/mol. The van der Waals surface area contributed by atoms with Crippen LogP contribution in [0.3, 0.4) is 0 Å². The van der Waals surface area contributed by atoms with Gasteiger partial charge in [-0.05, 0) is 0 Å². The van der Waals surface area contributed by atoms with Crippen LogP contribution in [0.25, 0.3) is 0 Å². The number of rotatable bonds is 4. The fraction of sp³-hybridized carbons (Fsp3) is 0.417. The summed E-state index contributed by atoms with van der Waals surface area (Å²) < 4.78 is 1.58. The van der Waals surface area contributed by atoms with Crippen molar-refractivity contribution in [3.63, 3.8) is 0 Å². The SMILES string of the molecule is CC(C)[C@H](C)C(=O)[Se]c1ccccc1. The molecule has 1 atom stereocenters. The first-order valence-corrected chi connectivity index (χ1v) is 6.59. The van der Waals surface area contributed by atoms with E-state index in [1.165, 1.54) is 4.46 Å². The Labute approximate surface area is 92.1 Å². The molecule has 0 unspecified atom stereocenters. The van der Waals surface area contributed by atoms with Gasteiger partial charge in [0.05, 0.1) is 0 Å². The Hall–Kier alpha value is -0.591. The quantitative estimate of drug-likeness (QED) is 0.750. The fourth-order valence-corrected chi connectivity index (χ4v) is 3.03. The molecule has 0 radical (unpaired) electrons. The van der Waals surface area contributed by atoms with Gasteiger partial charge in [0.15, 0.2) is 0 Å². The van der Waals surface area contributed by atoms with E-state index in [9.17, 15) is 4.79 Å². The topological polar surface area (TPSA) is 17.1 Å². The molecule has 0 aromatic heterocycles. The van der Waals surface area contributed by atoms with Crippen LogP contribution < -0.4 is 4.46 Å². The fourth-order valence-electron chi connectivity index (χ4n) is 0.970. The Morgan fingerprint density at radius 1 is 1.14 bits per heavy atom. The average Bonchev–Trinajstić information content (AvgIpc) is 2.18. The van der Waals surface area contributed by atoms with Gasteiger partial charge in [0.2, 0.25) is 0 Å². The molecule has 0 fully saturated rings. The molecule has 1 nitrogen and oxygen atoms in total. The molecule has 1 aromatic rings. The van der Waals surface area contributed by atoms with Crippen LogP contribution in [0, 0.1) is 11.8 Å². The van der Waals surface area contributed by atoms with Crippen molar-refractivity contribution in [3.05, 3.63) is 30.3 Å². The van der Waals surface area contributed by atoms with Crippen LogP contribution in [-0.2, 0) is 4.79 Å². The summed E-state index contributed by atoms with van der Waals surface area (Å²) in [6.45, 7) is 6.23. The first kappa shape index (κ1) is 11.5. The summed E-state index contributed by atoms with van der Waals surface area (Å²) >= 11 is -0.00898. The van der Waals surface area contributed by atoms with Gasteiger partial charge in [-0.1, -0.05) is 0 Å². The molecule has 0 spiro atoms. The van der Waals surface area contributed by atoms with Gasteiger partial charge in [0.1, 0.15) is 0 Å². The van der Waals surface area contributed by atoms with Crippen LogP contribution in [0.4, 0.5) is 0 Å². The van der Waals surface area contributed by atoms with E-state index in [1.807, 2.05) is 37.3 Å². The van der Waals surface area contributed by atoms with Crippen molar-refractivity contribution in [1.29, 1.82) is 0 Å². The molecule has 0 heterocycles. The van der Waals surface area contributed by atoms with Crippen LogP contribution >= 0.6 is 0 Å². The van der Waals surface area contributed by atoms with Crippen molar-refractivity contribution < 1.29 is 4.79 Å².